The number of hydrogen-bond acceptors (Lipinski definition) is 5. The molecule has 0 spiro atoms. The van der Waals surface area contributed by atoms with Gasteiger partial charge in [0.25, 0.3) is 0 Å². The summed E-state index contributed by atoms with van der Waals surface area (Å²) in [5.74, 6) is -0.824. The number of rotatable bonds is 4. The number of amides is 3. The van der Waals surface area contributed by atoms with E-state index in [1.54, 1.807) is 35.6 Å². The van der Waals surface area contributed by atoms with Crippen molar-refractivity contribution in [2.45, 2.75) is 37.1 Å². The molecule has 2 atom stereocenters. The molecular formula is C24H22ClN3O3S. The van der Waals surface area contributed by atoms with Gasteiger partial charge in [-0.05, 0) is 36.6 Å². The van der Waals surface area contributed by atoms with Crippen molar-refractivity contribution in [3.05, 3.63) is 64.1 Å². The van der Waals surface area contributed by atoms with Gasteiger partial charge in [0, 0.05) is 31.5 Å². The predicted octanol–water partition coefficient (Wildman–Crippen LogP) is 4.33. The van der Waals surface area contributed by atoms with Crippen molar-refractivity contribution in [1.29, 1.82) is 0 Å². The monoisotopic (exact) mass is 467 g/mol. The molecule has 3 amide bonds. The van der Waals surface area contributed by atoms with Crippen molar-refractivity contribution in [3.8, 4) is 0 Å². The van der Waals surface area contributed by atoms with E-state index in [0.29, 0.717) is 17.1 Å². The Hall–Kier alpha value is -2.77. The molecule has 6 nitrogen and oxygen atoms in total. The first-order valence-electron chi connectivity index (χ1n) is 10.6. The van der Waals surface area contributed by atoms with Crippen LogP contribution in [0.15, 0.2) is 48.5 Å². The van der Waals surface area contributed by atoms with Crippen LogP contribution < -0.4 is 0 Å². The first-order chi connectivity index (χ1) is 15.4. The van der Waals surface area contributed by atoms with E-state index in [1.165, 1.54) is 7.05 Å². The Morgan fingerprint density at radius 1 is 1.19 bits per heavy atom. The minimum absolute atomic E-state index is 0.0581. The molecule has 0 N–H and O–H groups in total. The molecule has 1 aromatic heterocycles. The molecule has 2 aliphatic rings. The molecule has 8 heteroatoms. The van der Waals surface area contributed by atoms with Crippen LogP contribution in [-0.2, 0) is 19.8 Å². The van der Waals surface area contributed by atoms with Crippen LogP contribution in [0.2, 0.25) is 5.02 Å². The van der Waals surface area contributed by atoms with Crippen LogP contribution >= 0.6 is 22.9 Å². The van der Waals surface area contributed by atoms with E-state index < -0.39 is 5.41 Å². The largest absolute Gasteiger partial charge is 0.333 e. The Balaban J connectivity index is 1.49. The molecule has 0 saturated carbocycles. The minimum Gasteiger partial charge on any atom is -0.333 e. The Morgan fingerprint density at radius 2 is 1.94 bits per heavy atom. The summed E-state index contributed by atoms with van der Waals surface area (Å²) >= 11 is 8.05. The fraction of sp³-hybridized carbons (Fsp3) is 0.333. The number of aromatic nitrogens is 1. The molecule has 0 bridgehead atoms. The smallest absolute Gasteiger partial charge is 0.240 e. The third kappa shape index (κ3) is 3.31. The van der Waals surface area contributed by atoms with Gasteiger partial charge in [-0.25, -0.2) is 4.98 Å². The number of halogens is 1. The molecule has 0 aliphatic carbocycles. The quantitative estimate of drug-likeness (QED) is 0.535. The molecule has 5 rings (SSSR count). The number of thiazole rings is 1. The van der Waals surface area contributed by atoms with E-state index in [0.717, 1.165) is 33.0 Å². The molecule has 32 heavy (non-hydrogen) atoms. The number of likely N-dealkylation sites (tertiary alicyclic amines) is 2. The number of carbonyl (C=O) groups is 3. The normalized spacial score (nSPS) is 23.5. The van der Waals surface area contributed by atoms with Gasteiger partial charge >= 0.3 is 0 Å². The standard InChI is InChI=1S/C24H22ClN3O3S/c1-27-20(29)13-24(23(27)31,15-7-2-3-8-16(15)25)14-21(30)28-12-6-10-18(28)22-26-17-9-4-5-11-19(17)32-22/h2-5,7-9,11,18H,6,10,12-14H2,1H3. The van der Waals surface area contributed by atoms with Crippen molar-refractivity contribution in [1.82, 2.24) is 14.8 Å². The Labute approximate surface area is 194 Å². The Kier molecular flexibility index (Phi) is 5.26. The maximum Gasteiger partial charge on any atom is 0.240 e. The second-order valence-corrected chi connectivity index (χ2v) is 9.91. The second-order valence-electron chi connectivity index (χ2n) is 8.44. The van der Waals surface area contributed by atoms with Crippen LogP contribution in [-0.4, -0.2) is 46.1 Å². The summed E-state index contributed by atoms with van der Waals surface area (Å²) in [5.41, 5.74) is 0.188. The van der Waals surface area contributed by atoms with Gasteiger partial charge in [0.05, 0.1) is 21.7 Å². The number of para-hydroxylation sites is 1. The molecule has 164 valence electrons. The van der Waals surface area contributed by atoms with Gasteiger partial charge in [0.2, 0.25) is 17.7 Å². The average Bonchev–Trinajstić information content (AvgIpc) is 3.48. The Bertz CT molecular complexity index is 1210. The Morgan fingerprint density at radius 3 is 2.66 bits per heavy atom. The second kappa shape index (κ2) is 7.98. The highest BCUT2D eigenvalue weighted by Crippen LogP contribution is 2.44. The van der Waals surface area contributed by atoms with Gasteiger partial charge in [-0.1, -0.05) is 41.9 Å². The zero-order valence-electron chi connectivity index (χ0n) is 17.6. The minimum atomic E-state index is -1.28. The van der Waals surface area contributed by atoms with E-state index in [1.807, 2.05) is 29.2 Å². The lowest BCUT2D eigenvalue weighted by molar-refractivity contribution is -0.141. The molecule has 0 radical (unpaired) electrons. The van der Waals surface area contributed by atoms with Crippen molar-refractivity contribution < 1.29 is 14.4 Å². The zero-order valence-corrected chi connectivity index (χ0v) is 19.2. The maximum atomic E-state index is 13.6. The van der Waals surface area contributed by atoms with Crippen LogP contribution in [0.5, 0.6) is 0 Å². The van der Waals surface area contributed by atoms with Crippen LogP contribution in [0.25, 0.3) is 10.2 Å². The van der Waals surface area contributed by atoms with E-state index in [2.05, 4.69) is 0 Å². The molecule has 3 aromatic rings. The lowest BCUT2D eigenvalue weighted by atomic mass is 9.75. The number of fused-ring (bicyclic) bond motifs is 1. The van der Waals surface area contributed by atoms with Gasteiger partial charge in [0.1, 0.15) is 5.01 Å². The third-order valence-electron chi connectivity index (χ3n) is 6.55. The van der Waals surface area contributed by atoms with Crippen LogP contribution in [0, 0.1) is 0 Å². The maximum absolute atomic E-state index is 13.6. The van der Waals surface area contributed by atoms with E-state index >= 15 is 0 Å². The van der Waals surface area contributed by atoms with Crippen molar-refractivity contribution in [2.24, 2.45) is 0 Å². The highest BCUT2D eigenvalue weighted by molar-refractivity contribution is 7.18. The van der Waals surface area contributed by atoms with Gasteiger partial charge < -0.3 is 4.90 Å². The van der Waals surface area contributed by atoms with Gasteiger partial charge in [0.15, 0.2) is 0 Å². The number of likely N-dealkylation sites (N-methyl/N-ethyl adjacent to an activating group) is 1. The number of hydrogen-bond donors (Lipinski definition) is 0. The number of benzene rings is 2. The van der Waals surface area contributed by atoms with Gasteiger partial charge in [-0.3, -0.25) is 19.3 Å². The van der Waals surface area contributed by atoms with Gasteiger partial charge in [-0.2, -0.15) is 0 Å². The number of nitrogens with zero attached hydrogens (tertiary/aromatic N) is 3. The highest BCUT2D eigenvalue weighted by atomic mass is 35.5. The first-order valence-corrected chi connectivity index (χ1v) is 11.8. The zero-order chi connectivity index (χ0) is 22.5. The van der Waals surface area contributed by atoms with Gasteiger partial charge in [-0.15, -0.1) is 11.3 Å². The lowest BCUT2D eigenvalue weighted by Gasteiger charge is -2.31. The van der Waals surface area contributed by atoms with Crippen molar-refractivity contribution >= 4 is 50.9 Å². The fourth-order valence-electron chi connectivity index (χ4n) is 4.89. The predicted molar refractivity (Wildman–Crippen MR) is 123 cm³/mol. The summed E-state index contributed by atoms with van der Waals surface area (Å²) in [5, 5.41) is 1.30. The summed E-state index contributed by atoms with van der Waals surface area (Å²) in [6, 6.07) is 14.8. The van der Waals surface area contributed by atoms with Crippen molar-refractivity contribution in [2.75, 3.05) is 13.6 Å². The summed E-state index contributed by atoms with van der Waals surface area (Å²) in [6.45, 7) is 0.607. The molecular weight excluding hydrogens is 446 g/mol. The molecule has 2 saturated heterocycles. The van der Waals surface area contributed by atoms with Crippen LogP contribution in [0.1, 0.15) is 42.3 Å². The summed E-state index contributed by atoms with van der Waals surface area (Å²) in [6.07, 6.45) is 1.56. The summed E-state index contributed by atoms with van der Waals surface area (Å²) in [4.78, 5) is 47.1. The lowest BCUT2D eigenvalue weighted by Crippen LogP contribution is -2.42. The van der Waals surface area contributed by atoms with E-state index in [-0.39, 0.29) is 36.6 Å². The number of carbonyl (C=O) groups excluding carboxylic acids is 3. The number of imide groups is 1. The molecule has 2 aromatic carbocycles. The van der Waals surface area contributed by atoms with Crippen molar-refractivity contribution in [3.63, 3.8) is 0 Å². The highest BCUT2D eigenvalue weighted by Gasteiger charge is 2.54. The molecule has 2 unspecified atom stereocenters. The van der Waals surface area contributed by atoms with E-state index in [4.69, 9.17) is 16.6 Å². The molecule has 2 aliphatic heterocycles. The SMILES string of the molecule is CN1C(=O)CC(CC(=O)N2CCCC2c2nc3ccccc3s2)(c2ccccc2Cl)C1=O. The molecule has 2 fully saturated rings. The van der Waals surface area contributed by atoms with E-state index in [9.17, 15) is 14.4 Å². The average molecular weight is 468 g/mol. The summed E-state index contributed by atoms with van der Waals surface area (Å²) < 4.78 is 1.09. The topological polar surface area (TPSA) is 70.6 Å². The molecule has 3 heterocycles. The fourth-order valence-corrected chi connectivity index (χ4v) is 6.33. The summed E-state index contributed by atoms with van der Waals surface area (Å²) in [7, 11) is 1.47. The first kappa shape index (κ1) is 21.1. The van der Waals surface area contributed by atoms with Crippen LogP contribution in [0.4, 0.5) is 0 Å². The van der Waals surface area contributed by atoms with Crippen LogP contribution in [0.3, 0.4) is 0 Å². The third-order valence-corrected chi connectivity index (χ3v) is 8.02.